The first-order valence-corrected chi connectivity index (χ1v) is 10.2. The number of anilines is 3. The summed E-state index contributed by atoms with van der Waals surface area (Å²) in [5.74, 6) is 0.492. The highest BCUT2D eigenvalue weighted by Crippen LogP contribution is 2.24. The standard InChI is InChI=1S/C21H23F2N7O/c1-14-2-3-19(25-20(14)29-6-4-28(5-7-29)18-11-31-12-18)26-21-24-13-30(27-21)17-9-15(22)8-16(23)10-17/h2-3,8-10,13,18H,4-7,11-12H2,1H3,(H,25,26,27). The number of hydrogen-bond donors (Lipinski definition) is 1. The molecule has 3 aromatic rings. The Labute approximate surface area is 178 Å². The van der Waals surface area contributed by atoms with Crippen LogP contribution in [-0.4, -0.2) is 70.1 Å². The number of pyridine rings is 1. The molecule has 2 aromatic heterocycles. The van der Waals surface area contributed by atoms with Gasteiger partial charge in [0.15, 0.2) is 0 Å². The molecular formula is C21H23F2N7O. The summed E-state index contributed by atoms with van der Waals surface area (Å²) in [6.45, 7) is 7.50. The average Bonchev–Trinajstić information content (AvgIpc) is 3.17. The summed E-state index contributed by atoms with van der Waals surface area (Å²) in [5.41, 5.74) is 1.35. The van der Waals surface area contributed by atoms with Crippen molar-refractivity contribution < 1.29 is 13.5 Å². The zero-order valence-electron chi connectivity index (χ0n) is 17.1. The number of piperazine rings is 1. The molecule has 31 heavy (non-hydrogen) atoms. The van der Waals surface area contributed by atoms with Gasteiger partial charge in [-0.1, -0.05) is 6.07 Å². The van der Waals surface area contributed by atoms with Gasteiger partial charge in [-0.25, -0.2) is 18.4 Å². The molecule has 1 aromatic carbocycles. The van der Waals surface area contributed by atoms with E-state index in [1.54, 1.807) is 0 Å². The number of nitrogens with one attached hydrogen (secondary N) is 1. The number of hydrogen-bond acceptors (Lipinski definition) is 7. The SMILES string of the molecule is Cc1ccc(Nc2ncn(-c3cc(F)cc(F)c3)n2)nc1N1CCN(C2COC2)CC1. The van der Waals surface area contributed by atoms with E-state index in [4.69, 9.17) is 9.72 Å². The van der Waals surface area contributed by atoms with Crippen molar-refractivity contribution in [3.8, 4) is 5.69 Å². The van der Waals surface area contributed by atoms with Gasteiger partial charge in [0.2, 0.25) is 5.95 Å². The van der Waals surface area contributed by atoms with Gasteiger partial charge in [-0.15, -0.1) is 5.10 Å². The van der Waals surface area contributed by atoms with Gasteiger partial charge in [0, 0.05) is 32.2 Å². The lowest BCUT2D eigenvalue weighted by molar-refractivity contribution is -0.0661. The summed E-state index contributed by atoms with van der Waals surface area (Å²) in [6, 6.07) is 7.63. The molecule has 5 rings (SSSR count). The third-order valence-electron chi connectivity index (χ3n) is 5.66. The van der Waals surface area contributed by atoms with Crippen LogP contribution < -0.4 is 10.2 Å². The average molecular weight is 427 g/mol. The molecule has 0 saturated carbocycles. The van der Waals surface area contributed by atoms with Crippen LogP contribution in [0.5, 0.6) is 0 Å². The second kappa shape index (κ2) is 8.20. The maximum Gasteiger partial charge on any atom is 0.248 e. The van der Waals surface area contributed by atoms with Gasteiger partial charge in [0.25, 0.3) is 0 Å². The van der Waals surface area contributed by atoms with Crippen LogP contribution in [0, 0.1) is 18.6 Å². The van der Waals surface area contributed by atoms with E-state index < -0.39 is 11.6 Å². The number of halogens is 2. The molecular weight excluding hydrogens is 404 g/mol. The molecule has 0 bridgehead atoms. The van der Waals surface area contributed by atoms with Crippen LogP contribution in [-0.2, 0) is 4.74 Å². The number of ether oxygens (including phenoxy) is 1. The second-order valence-corrected chi connectivity index (χ2v) is 7.82. The molecule has 0 unspecified atom stereocenters. The highest BCUT2D eigenvalue weighted by Gasteiger charge is 2.29. The van der Waals surface area contributed by atoms with Crippen LogP contribution in [0.3, 0.4) is 0 Å². The fourth-order valence-electron chi connectivity index (χ4n) is 3.87. The van der Waals surface area contributed by atoms with Gasteiger partial charge < -0.3 is 15.0 Å². The molecule has 0 aliphatic carbocycles. The fraction of sp³-hybridized carbons (Fsp3) is 0.381. The monoisotopic (exact) mass is 427 g/mol. The Balaban J connectivity index is 1.29. The van der Waals surface area contributed by atoms with Crippen molar-refractivity contribution in [2.24, 2.45) is 0 Å². The lowest BCUT2D eigenvalue weighted by Crippen LogP contribution is -2.56. The molecule has 162 valence electrons. The van der Waals surface area contributed by atoms with E-state index in [1.807, 2.05) is 19.1 Å². The van der Waals surface area contributed by atoms with E-state index in [2.05, 4.69) is 25.2 Å². The van der Waals surface area contributed by atoms with E-state index in [-0.39, 0.29) is 5.69 Å². The topological polar surface area (TPSA) is 71.3 Å². The molecule has 8 nitrogen and oxygen atoms in total. The minimum Gasteiger partial charge on any atom is -0.378 e. The highest BCUT2D eigenvalue weighted by molar-refractivity contribution is 5.56. The first kappa shape index (κ1) is 19.8. The molecule has 2 saturated heterocycles. The van der Waals surface area contributed by atoms with Gasteiger partial charge in [-0.3, -0.25) is 4.90 Å². The van der Waals surface area contributed by atoms with E-state index in [0.717, 1.165) is 56.8 Å². The van der Waals surface area contributed by atoms with Crippen LogP contribution in [0.2, 0.25) is 0 Å². The van der Waals surface area contributed by atoms with Crippen molar-refractivity contribution >= 4 is 17.6 Å². The Morgan fingerprint density at radius 2 is 1.77 bits per heavy atom. The van der Waals surface area contributed by atoms with Crippen molar-refractivity contribution in [3.63, 3.8) is 0 Å². The van der Waals surface area contributed by atoms with Gasteiger partial charge >= 0.3 is 0 Å². The summed E-state index contributed by atoms with van der Waals surface area (Å²) in [7, 11) is 0. The quantitative estimate of drug-likeness (QED) is 0.671. The van der Waals surface area contributed by atoms with E-state index >= 15 is 0 Å². The number of rotatable bonds is 5. The van der Waals surface area contributed by atoms with Crippen LogP contribution in [0.15, 0.2) is 36.7 Å². The molecule has 2 fully saturated rings. The number of nitrogens with zero attached hydrogens (tertiary/aromatic N) is 6. The summed E-state index contributed by atoms with van der Waals surface area (Å²) < 4.78 is 33.6. The molecule has 4 heterocycles. The molecule has 0 amide bonds. The van der Waals surface area contributed by atoms with Gasteiger partial charge in [0.1, 0.15) is 29.6 Å². The zero-order valence-corrected chi connectivity index (χ0v) is 17.1. The van der Waals surface area contributed by atoms with E-state index in [0.29, 0.717) is 17.8 Å². The highest BCUT2D eigenvalue weighted by atomic mass is 19.1. The Morgan fingerprint density at radius 1 is 1.03 bits per heavy atom. The summed E-state index contributed by atoms with van der Waals surface area (Å²) in [5, 5.41) is 7.34. The smallest absolute Gasteiger partial charge is 0.248 e. The summed E-state index contributed by atoms with van der Waals surface area (Å²) >= 11 is 0. The molecule has 0 spiro atoms. The summed E-state index contributed by atoms with van der Waals surface area (Å²) in [6.07, 6.45) is 1.40. The van der Waals surface area contributed by atoms with Crippen LogP contribution >= 0.6 is 0 Å². The lowest BCUT2D eigenvalue weighted by Gasteiger charge is -2.43. The van der Waals surface area contributed by atoms with Crippen molar-refractivity contribution in [1.29, 1.82) is 0 Å². The maximum atomic E-state index is 13.5. The Kier molecular flexibility index (Phi) is 5.24. The number of aryl methyl sites for hydroxylation is 1. The number of aromatic nitrogens is 4. The Morgan fingerprint density at radius 3 is 2.45 bits per heavy atom. The predicted molar refractivity (Wildman–Crippen MR) is 112 cm³/mol. The molecule has 1 N–H and O–H groups in total. The van der Waals surface area contributed by atoms with Gasteiger partial charge in [-0.2, -0.15) is 4.98 Å². The summed E-state index contributed by atoms with van der Waals surface area (Å²) in [4.78, 5) is 13.7. The second-order valence-electron chi connectivity index (χ2n) is 7.82. The molecule has 0 atom stereocenters. The maximum absolute atomic E-state index is 13.5. The normalized spacial score (nSPS) is 17.6. The lowest BCUT2D eigenvalue weighted by atomic mass is 10.1. The molecule has 10 heteroatoms. The first-order valence-electron chi connectivity index (χ1n) is 10.2. The third-order valence-corrected chi connectivity index (χ3v) is 5.66. The third kappa shape index (κ3) is 4.21. The van der Waals surface area contributed by atoms with Crippen molar-refractivity contribution in [1.82, 2.24) is 24.6 Å². The Bertz CT molecular complexity index is 1060. The fourth-order valence-corrected chi connectivity index (χ4v) is 3.87. The van der Waals surface area contributed by atoms with Gasteiger partial charge in [-0.05, 0) is 30.7 Å². The first-order chi connectivity index (χ1) is 15.0. The van der Waals surface area contributed by atoms with Crippen LogP contribution in [0.4, 0.5) is 26.4 Å². The van der Waals surface area contributed by atoms with E-state index in [9.17, 15) is 8.78 Å². The zero-order chi connectivity index (χ0) is 21.4. The molecule has 2 aliphatic heterocycles. The number of benzene rings is 1. The largest absolute Gasteiger partial charge is 0.378 e. The Hall–Kier alpha value is -3.11. The molecule has 2 aliphatic rings. The van der Waals surface area contributed by atoms with Crippen molar-refractivity contribution in [3.05, 3.63) is 53.9 Å². The van der Waals surface area contributed by atoms with Gasteiger partial charge in [0.05, 0.1) is 24.9 Å². The van der Waals surface area contributed by atoms with Crippen molar-refractivity contribution in [2.45, 2.75) is 13.0 Å². The minimum atomic E-state index is -0.671. The van der Waals surface area contributed by atoms with Crippen LogP contribution in [0.1, 0.15) is 5.56 Å². The van der Waals surface area contributed by atoms with Crippen molar-refractivity contribution in [2.75, 3.05) is 49.6 Å². The van der Waals surface area contributed by atoms with Crippen LogP contribution in [0.25, 0.3) is 5.69 Å². The minimum absolute atomic E-state index is 0.255. The van der Waals surface area contributed by atoms with E-state index in [1.165, 1.54) is 23.1 Å². The predicted octanol–water partition coefficient (Wildman–Crippen LogP) is 2.51. The molecule has 0 radical (unpaired) electrons.